The van der Waals surface area contributed by atoms with Crippen molar-refractivity contribution in [3.8, 4) is 0 Å². The summed E-state index contributed by atoms with van der Waals surface area (Å²) in [5.41, 5.74) is 2.38. The fourth-order valence-electron chi connectivity index (χ4n) is 2.73. The van der Waals surface area contributed by atoms with Gasteiger partial charge in [0.25, 0.3) is 10.0 Å². The third-order valence-electron chi connectivity index (χ3n) is 4.08. The molecule has 0 bridgehead atoms. The molecule has 1 atom stereocenters. The molecule has 0 aromatic heterocycles. The van der Waals surface area contributed by atoms with Crippen molar-refractivity contribution in [2.24, 2.45) is 0 Å². The van der Waals surface area contributed by atoms with Gasteiger partial charge in [-0.25, -0.2) is 16.8 Å². The molecule has 0 amide bonds. The van der Waals surface area contributed by atoms with Gasteiger partial charge < -0.3 is 0 Å². The van der Waals surface area contributed by atoms with Crippen LogP contribution in [0.3, 0.4) is 0 Å². The second-order valence-corrected chi connectivity index (χ2v) is 9.92. The Morgan fingerprint density at radius 2 is 1.44 bits per heavy atom. The van der Waals surface area contributed by atoms with Crippen LogP contribution in [0, 0.1) is 13.8 Å². The van der Waals surface area contributed by atoms with Gasteiger partial charge in [0.2, 0.25) is 0 Å². The number of anilines is 1. The van der Waals surface area contributed by atoms with Crippen molar-refractivity contribution in [3.05, 3.63) is 71.1 Å². The third kappa shape index (κ3) is 3.62. The molecule has 1 heterocycles. The Hall–Kier alpha value is -2.12. The summed E-state index contributed by atoms with van der Waals surface area (Å²) in [6.07, 6.45) is 1.43. The third-order valence-corrected chi connectivity index (χ3v) is 7.32. The second kappa shape index (κ2) is 6.31. The number of aryl methyl sites for hydroxylation is 2. The van der Waals surface area contributed by atoms with Gasteiger partial charge in [0.15, 0.2) is 9.84 Å². The van der Waals surface area contributed by atoms with E-state index in [1.807, 2.05) is 13.8 Å². The van der Waals surface area contributed by atoms with E-state index in [0.717, 1.165) is 16.5 Å². The molecule has 0 fully saturated rings. The minimum atomic E-state index is -3.90. The van der Waals surface area contributed by atoms with Crippen molar-refractivity contribution in [3.63, 3.8) is 0 Å². The first-order valence-corrected chi connectivity index (χ1v) is 10.9. The van der Waals surface area contributed by atoms with Crippen LogP contribution in [-0.4, -0.2) is 28.6 Å². The lowest BCUT2D eigenvalue weighted by molar-refractivity contribution is 0.586. The molecule has 0 aliphatic carbocycles. The predicted molar refractivity (Wildman–Crippen MR) is 98.7 cm³/mol. The van der Waals surface area contributed by atoms with Gasteiger partial charge in [0, 0.05) is 5.41 Å². The molecule has 2 aromatic rings. The summed E-state index contributed by atoms with van der Waals surface area (Å²) in [6.45, 7) is 3.78. The maximum absolute atomic E-state index is 13.2. The zero-order valence-electron chi connectivity index (χ0n) is 14.0. The SMILES string of the molecule is Cc1ccc(N(C2C=CS(=O)(=O)C2)S(=O)(=O)c2ccc(C)cc2)cc1. The zero-order chi connectivity index (χ0) is 18.2. The highest BCUT2D eigenvalue weighted by atomic mass is 32.2. The molecule has 5 nitrogen and oxygen atoms in total. The lowest BCUT2D eigenvalue weighted by atomic mass is 10.2. The molecule has 1 aliphatic heterocycles. The Bertz CT molecular complexity index is 1010. The Morgan fingerprint density at radius 3 is 1.92 bits per heavy atom. The van der Waals surface area contributed by atoms with E-state index in [1.165, 1.54) is 10.4 Å². The molecular formula is C18H19NO4S2. The number of sulfone groups is 1. The molecule has 0 saturated heterocycles. The number of benzene rings is 2. The second-order valence-electron chi connectivity index (χ2n) is 6.17. The molecular weight excluding hydrogens is 358 g/mol. The summed E-state index contributed by atoms with van der Waals surface area (Å²) in [4.78, 5) is 0.136. The molecule has 3 rings (SSSR count). The largest absolute Gasteiger partial charge is 0.264 e. The van der Waals surface area contributed by atoms with Crippen molar-refractivity contribution in [2.75, 3.05) is 10.1 Å². The van der Waals surface area contributed by atoms with Crippen LogP contribution in [0.1, 0.15) is 11.1 Å². The van der Waals surface area contributed by atoms with Gasteiger partial charge in [0.05, 0.1) is 22.4 Å². The van der Waals surface area contributed by atoms with Crippen LogP contribution in [0.5, 0.6) is 0 Å². The summed E-state index contributed by atoms with van der Waals surface area (Å²) in [5, 5.41) is 1.09. The molecule has 0 N–H and O–H groups in total. The monoisotopic (exact) mass is 377 g/mol. The number of sulfonamides is 1. The minimum absolute atomic E-state index is 0.136. The van der Waals surface area contributed by atoms with E-state index in [9.17, 15) is 16.8 Å². The number of nitrogens with zero attached hydrogens (tertiary/aromatic N) is 1. The lowest BCUT2D eigenvalue weighted by Gasteiger charge is -2.29. The molecule has 0 spiro atoms. The summed E-state index contributed by atoms with van der Waals surface area (Å²) in [7, 11) is -7.29. The fourth-order valence-corrected chi connectivity index (χ4v) is 5.70. The first kappa shape index (κ1) is 17.7. The van der Waals surface area contributed by atoms with Crippen molar-refractivity contribution in [1.29, 1.82) is 0 Å². The van der Waals surface area contributed by atoms with E-state index in [2.05, 4.69) is 0 Å². The van der Waals surface area contributed by atoms with Crippen LogP contribution in [0.2, 0.25) is 0 Å². The number of rotatable bonds is 4. The van der Waals surface area contributed by atoms with E-state index in [1.54, 1.807) is 48.5 Å². The van der Waals surface area contributed by atoms with E-state index in [-0.39, 0.29) is 10.6 Å². The smallest absolute Gasteiger partial charge is 0.258 e. The molecule has 1 aliphatic rings. The molecule has 0 saturated carbocycles. The van der Waals surface area contributed by atoms with Gasteiger partial charge in [-0.1, -0.05) is 35.4 Å². The van der Waals surface area contributed by atoms with E-state index >= 15 is 0 Å². The molecule has 1 unspecified atom stereocenters. The number of hydrogen-bond donors (Lipinski definition) is 0. The van der Waals surface area contributed by atoms with Gasteiger partial charge in [-0.3, -0.25) is 4.31 Å². The maximum Gasteiger partial charge on any atom is 0.264 e. The van der Waals surface area contributed by atoms with Gasteiger partial charge in [-0.15, -0.1) is 0 Å². The average Bonchev–Trinajstić information content (AvgIpc) is 2.89. The van der Waals surface area contributed by atoms with Crippen molar-refractivity contribution < 1.29 is 16.8 Å². The van der Waals surface area contributed by atoms with Crippen LogP contribution >= 0.6 is 0 Å². The summed E-state index contributed by atoms with van der Waals surface area (Å²) in [5.74, 6) is -0.258. The molecule has 132 valence electrons. The minimum Gasteiger partial charge on any atom is -0.258 e. The van der Waals surface area contributed by atoms with Crippen LogP contribution < -0.4 is 4.31 Å². The number of hydrogen-bond acceptors (Lipinski definition) is 4. The van der Waals surface area contributed by atoms with Crippen molar-refractivity contribution in [2.45, 2.75) is 24.8 Å². The van der Waals surface area contributed by atoms with E-state index in [0.29, 0.717) is 5.69 Å². The normalized spacial score (nSPS) is 19.0. The molecule has 2 aromatic carbocycles. The predicted octanol–water partition coefficient (Wildman–Crippen LogP) is 2.81. The van der Waals surface area contributed by atoms with Crippen molar-refractivity contribution >= 4 is 25.5 Å². The topological polar surface area (TPSA) is 71.5 Å². The Balaban J connectivity index is 2.12. The Labute approximate surface area is 148 Å². The highest BCUT2D eigenvalue weighted by molar-refractivity contribution is 7.95. The molecule has 0 radical (unpaired) electrons. The summed E-state index contributed by atoms with van der Waals surface area (Å²) >= 11 is 0. The van der Waals surface area contributed by atoms with Crippen molar-refractivity contribution in [1.82, 2.24) is 0 Å². The van der Waals surface area contributed by atoms with Gasteiger partial charge in [-0.05, 0) is 44.2 Å². The standard InChI is InChI=1S/C18H19NO4S2/c1-14-3-7-16(8-4-14)19(17-11-12-24(20,21)13-17)25(22,23)18-9-5-15(2)6-10-18/h3-12,17H,13H2,1-2H3. The van der Waals surface area contributed by atoms with Crippen LogP contribution in [0.4, 0.5) is 5.69 Å². The first-order valence-electron chi connectivity index (χ1n) is 7.78. The maximum atomic E-state index is 13.2. The van der Waals surface area contributed by atoms with Crippen LogP contribution in [0.15, 0.2) is 64.9 Å². The first-order chi connectivity index (χ1) is 11.7. The highest BCUT2D eigenvalue weighted by Crippen LogP contribution is 2.30. The van der Waals surface area contributed by atoms with E-state index in [4.69, 9.17) is 0 Å². The highest BCUT2D eigenvalue weighted by Gasteiger charge is 2.35. The molecule has 7 heteroatoms. The van der Waals surface area contributed by atoms with Gasteiger partial charge in [-0.2, -0.15) is 0 Å². The Kier molecular flexibility index (Phi) is 4.47. The van der Waals surface area contributed by atoms with Gasteiger partial charge in [0.1, 0.15) is 0 Å². The summed E-state index contributed by atoms with van der Waals surface area (Å²) < 4.78 is 51.3. The zero-order valence-corrected chi connectivity index (χ0v) is 15.6. The lowest BCUT2D eigenvalue weighted by Crippen LogP contribution is -2.41. The molecule has 25 heavy (non-hydrogen) atoms. The fraction of sp³-hybridized carbons (Fsp3) is 0.222. The van der Waals surface area contributed by atoms with Gasteiger partial charge >= 0.3 is 0 Å². The van der Waals surface area contributed by atoms with Crippen LogP contribution in [-0.2, 0) is 19.9 Å². The average molecular weight is 377 g/mol. The quantitative estimate of drug-likeness (QED) is 0.821. The van der Waals surface area contributed by atoms with Crippen LogP contribution in [0.25, 0.3) is 0 Å². The van der Waals surface area contributed by atoms with E-state index < -0.39 is 25.9 Å². The Morgan fingerprint density at radius 1 is 0.920 bits per heavy atom. The summed E-state index contributed by atoms with van der Waals surface area (Å²) in [6, 6.07) is 12.8.